The summed E-state index contributed by atoms with van der Waals surface area (Å²) in [6.45, 7) is 3.77. The number of aromatic nitrogens is 2. The van der Waals surface area contributed by atoms with Gasteiger partial charge in [0.15, 0.2) is 0 Å². The second kappa shape index (κ2) is 9.30. The van der Waals surface area contributed by atoms with Gasteiger partial charge in [0.25, 0.3) is 10.9 Å². The average Bonchev–Trinajstić information content (AvgIpc) is 2.83. The Hall–Kier alpha value is -4.27. The number of aliphatic carboxylic acids is 1. The van der Waals surface area contributed by atoms with Crippen LogP contribution in [0.2, 0.25) is 0 Å². The van der Waals surface area contributed by atoms with E-state index in [0.29, 0.717) is 5.82 Å². The molecule has 1 unspecified atom stereocenters. The van der Waals surface area contributed by atoms with Crippen molar-refractivity contribution in [1.82, 2.24) is 9.97 Å². The molecule has 9 nitrogen and oxygen atoms in total. The number of nitrogens with zero attached hydrogens (tertiary/aromatic N) is 3. The first-order chi connectivity index (χ1) is 16.3. The van der Waals surface area contributed by atoms with Crippen molar-refractivity contribution in [1.29, 1.82) is 0 Å². The summed E-state index contributed by atoms with van der Waals surface area (Å²) in [4.78, 5) is 46.2. The summed E-state index contributed by atoms with van der Waals surface area (Å²) in [6, 6.07) is 10.0. The fraction of sp³-hybridized carbons (Fsp3) is 0.240. The maximum atomic E-state index is 12.1. The summed E-state index contributed by atoms with van der Waals surface area (Å²) < 4.78 is 0. The summed E-state index contributed by atoms with van der Waals surface area (Å²) >= 11 is 0. The van der Waals surface area contributed by atoms with Gasteiger partial charge in [-0.2, -0.15) is 0 Å². The average molecular weight is 460 g/mol. The predicted molar refractivity (Wildman–Crippen MR) is 133 cm³/mol. The van der Waals surface area contributed by atoms with Gasteiger partial charge in [-0.25, -0.2) is 9.78 Å². The van der Waals surface area contributed by atoms with Gasteiger partial charge in [0, 0.05) is 54.6 Å². The highest BCUT2D eigenvalue weighted by molar-refractivity contribution is 5.92. The molecule has 0 spiro atoms. The lowest BCUT2D eigenvalue weighted by Crippen LogP contribution is -2.46. The van der Waals surface area contributed by atoms with Crippen LogP contribution < -0.4 is 26.4 Å². The van der Waals surface area contributed by atoms with E-state index in [2.05, 4.69) is 20.6 Å². The Labute approximate surface area is 195 Å². The lowest BCUT2D eigenvalue weighted by Gasteiger charge is -2.28. The standard InChI is InChI=1S/C25H25N5O4/c1-14(2)30(3)21-20(22(31)23(21)32)29-19(25(33)34)12-15-4-6-17(7-5-15)28-24-18-9-10-26-13-16(18)8-11-27-24/h4-11,13-14,19,29H,12H2,1-3H3,(H,27,28)(H,33,34). The number of anilines is 4. The summed E-state index contributed by atoms with van der Waals surface area (Å²) in [5.74, 6) is -0.415. The van der Waals surface area contributed by atoms with Crippen molar-refractivity contribution in [2.75, 3.05) is 22.6 Å². The van der Waals surface area contributed by atoms with E-state index in [0.717, 1.165) is 22.0 Å². The first-order valence-electron chi connectivity index (χ1n) is 10.9. The zero-order chi connectivity index (χ0) is 24.4. The zero-order valence-electron chi connectivity index (χ0n) is 19.1. The highest BCUT2D eigenvalue weighted by atomic mass is 16.4. The van der Waals surface area contributed by atoms with Gasteiger partial charge in [-0.3, -0.25) is 14.6 Å². The molecule has 1 atom stereocenters. The number of carboxylic acid groups (broad SMARTS) is 1. The molecule has 0 aliphatic heterocycles. The normalized spacial score (nSPS) is 12.1. The molecule has 0 fully saturated rings. The summed E-state index contributed by atoms with van der Waals surface area (Å²) in [6.07, 6.45) is 5.31. The Kier molecular flexibility index (Phi) is 6.27. The fourth-order valence-corrected chi connectivity index (χ4v) is 3.70. The number of nitrogens with one attached hydrogen (secondary N) is 2. The van der Waals surface area contributed by atoms with Crippen molar-refractivity contribution in [2.24, 2.45) is 0 Å². The highest BCUT2D eigenvalue weighted by Gasteiger charge is 2.29. The van der Waals surface area contributed by atoms with E-state index < -0.39 is 22.9 Å². The van der Waals surface area contributed by atoms with E-state index in [9.17, 15) is 19.5 Å². The number of fused-ring (bicyclic) bond motifs is 1. The summed E-state index contributed by atoms with van der Waals surface area (Å²) in [5, 5.41) is 17.7. The summed E-state index contributed by atoms with van der Waals surface area (Å²) in [5.41, 5.74) is 0.552. The van der Waals surface area contributed by atoms with Gasteiger partial charge >= 0.3 is 5.97 Å². The van der Waals surface area contributed by atoms with E-state index in [1.807, 2.05) is 50.2 Å². The van der Waals surface area contributed by atoms with Crippen molar-refractivity contribution in [3.05, 3.63) is 81.0 Å². The highest BCUT2D eigenvalue weighted by Crippen LogP contribution is 2.25. The molecule has 9 heteroatoms. The Bertz CT molecular complexity index is 1400. The number of carbonyl (C=O) groups is 1. The molecule has 0 aliphatic carbocycles. The largest absolute Gasteiger partial charge is 0.480 e. The number of hydrogen-bond donors (Lipinski definition) is 3. The van der Waals surface area contributed by atoms with E-state index in [1.54, 1.807) is 30.5 Å². The molecule has 0 aliphatic rings. The van der Waals surface area contributed by atoms with Crippen molar-refractivity contribution in [3.8, 4) is 0 Å². The molecule has 0 saturated carbocycles. The van der Waals surface area contributed by atoms with Crippen LogP contribution in [0.4, 0.5) is 22.9 Å². The van der Waals surface area contributed by atoms with Gasteiger partial charge in [-0.1, -0.05) is 12.1 Å². The number of rotatable bonds is 9. The van der Waals surface area contributed by atoms with E-state index in [1.165, 1.54) is 0 Å². The lowest BCUT2D eigenvalue weighted by molar-refractivity contribution is -0.137. The fourth-order valence-electron chi connectivity index (χ4n) is 3.70. The Morgan fingerprint density at radius 1 is 1.06 bits per heavy atom. The van der Waals surface area contributed by atoms with Crippen molar-refractivity contribution in [2.45, 2.75) is 32.4 Å². The topological polar surface area (TPSA) is 125 Å². The molecule has 2 heterocycles. The molecule has 4 rings (SSSR count). The Morgan fingerprint density at radius 2 is 1.79 bits per heavy atom. The van der Waals surface area contributed by atoms with E-state index >= 15 is 0 Å². The van der Waals surface area contributed by atoms with Crippen LogP contribution in [0.1, 0.15) is 19.4 Å². The third-order valence-corrected chi connectivity index (χ3v) is 5.85. The molecule has 0 saturated heterocycles. The van der Waals surface area contributed by atoms with Gasteiger partial charge in [0.1, 0.15) is 23.2 Å². The van der Waals surface area contributed by atoms with Gasteiger partial charge in [0.05, 0.1) is 0 Å². The predicted octanol–water partition coefficient (Wildman–Crippen LogP) is 2.92. The first kappa shape index (κ1) is 22.9. The van der Waals surface area contributed by atoms with Gasteiger partial charge < -0.3 is 20.6 Å². The van der Waals surface area contributed by atoms with Crippen LogP contribution >= 0.6 is 0 Å². The molecule has 34 heavy (non-hydrogen) atoms. The third kappa shape index (κ3) is 4.45. The minimum Gasteiger partial charge on any atom is -0.480 e. The van der Waals surface area contributed by atoms with Crippen LogP contribution in [0.15, 0.2) is 64.6 Å². The number of benzene rings is 1. The van der Waals surface area contributed by atoms with E-state index in [4.69, 9.17) is 0 Å². The van der Waals surface area contributed by atoms with Gasteiger partial charge in [0.2, 0.25) is 0 Å². The summed E-state index contributed by atoms with van der Waals surface area (Å²) in [7, 11) is 1.70. The zero-order valence-corrected chi connectivity index (χ0v) is 19.1. The Morgan fingerprint density at radius 3 is 2.47 bits per heavy atom. The second-order valence-corrected chi connectivity index (χ2v) is 8.40. The molecule has 4 aromatic rings. The molecule has 0 amide bonds. The minimum atomic E-state index is -1.11. The second-order valence-electron chi connectivity index (χ2n) is 8.40. The maximum Gasteiger partial charge on any atom is 0.326 e. The number of carboxylic acids is 1. The third-order valence-electron chi connectivity index (χ3n) is 5.85. The smallest absolute Gasteiger partial charge is 0.326 e. The Balaban J connectivity index is 1.50. The molecule has 174 valence electrons. The van der Waals surface area contributed by atoms with Crippen LogP contribution in [-0.4, -0.2) is 40.2 Å². The van der Waals surface area contributed by atoms with Crippen LogP contribution in [0.25, 0.3) is 10.8 Å². The molecule has 3 N–H and O–H groups in total. The molecular weight excluding hydrogens is 434 g/mol. The first-order valence-corrected chi connectivity index (χ1v) is 10.9. The van der Waals surface area contributed by atoms with Crippen molar-refractivity contribution < 1.29 is 9.90 Å². The lowest BCUT2D eigenvalue weighted by atomic mass is 10.0. The quantitative estimate of drug-likeness (QED) is 0.324. The minimum absolute atomic E-state index is 0.0142. The molecule has 0 bridgehead atoms. The van der Waals surface area contributed by atoms with E-state index in [-0.39, 0.29) is 23.8 Å². The van der Waals surface area contributed by atoms with Crippen LogP contribution in [0.3, 0.4) is 0 Å². The SMILES string of the molecule is CC(C)N(C)c1c(NC(Cc2ccc(Nc3nccc4cnccc34)cc2)C(=O)O)c(=O)c1=O. The van der Waals surface area contributed by atoms with Gasteiger partial charge in [-0.15, -0.1) is 0 Å². The maximum absolute atomic E-state index is 12.1. The van der Waals surface area contributed by atoms with Crippen molar-refractivity contribution in [3.63, 3.8) is 0 Å². The molecule has 2 aromatic carbocycles. The number of hydrogen-bond acceptors (Lipinski definition) is 8. The number of pyridine rings is 2. The molecule has 0 radical (unpaired) electrons. The molecule has 2 aromatic heterocycles. The van der Waals surface area contributed by atoms with Crippen LogP contribution in [-0.2, 0) is 11.2 Å². The van der Waals surface area contributed by atoms with Crippen molar-refractivity contribution >= 4 is 39.6 Å². The van der Waals surface area contributed by atoms with Gasteiger partial charge in [-0.05, 0) is 43.7 Å². The monoisotopic (exact) mass is 459 g/mol. The molecular formula is C25H25N5O4. The van der Waals surface area contributed by atoms with Crippen LogP contribution in [0, 0.1) is 0 Å². The van der Waals surface area contributed by atoms with Crippen LogP contribution in [0.5, 0.6) is 0 Å².